The number of hydrogen-bond donors (Lipinski definition) is 1. The van der Waals surface area contributed by atoms with E-state index in [1.807, 2.05) is 23.6 Å². The first-order valence-corrected chi connectivity index (χ1v) is 7.54. The highest BCUT2D eigenvalue weighted by atomic mass is 35.5. The van der Waals surface area contributed by atoms with Crippen molar-refractivity contribution in [2.45, 2.75) is 0 Å². The summed E-state index contributed by atoms with van der Waals surface area (Å²) in [4.78, 5) is 1.03. The Labute approximate surface area is 130 Å². The molecule has 6 heteroatoms. The minimum atomic E-state index is 0.545. The van der Waals surface area contributed by atoms with Crippen molar-refractivity contribution in [2.24, 2.45) is 7.05 Å². The van der Waals surface area contributed by atoms with Crippen LogP contribution in [0.25, 0.3) is 21.7 Å². The molecule has 0 bridgehead atoms. The summed E-state index contributed by atoms with van der Waals surface area (Å²) in [5.74, 6) is 0.545. The number of halogens is 2. The van der Waals surface area contributed by atoms with Crippen LogP contribution in [0.4, 0.5) is 5.82 Å². The highest BCUT2D eigenvalue weighted by molar-refractivity contribution is 7.13. The summed E-state index contributed by atoms with van der Waals surface area (Å²) in [7, 11) is 1.81. The molecule has 0 fully saturated rings. The number of rotatable bonds is 2. The first kappa shape index (κ1) is 13.5. The molecule has 0 saturated heterocycles. The molecule has 3 aromatic rings. The van der Waals surface area contributed by atoms with Crippen molar-refractivity contribution in [3.05, 3.63) is 45.8 Å². The first-order chi connectivity index (χ1) is 9.59. The molecule has 0 amide bonds. The summed E-state index contributed by atoms with van der Waals surface area (Å²) < 4.78 is 1.64. The molecule has 2 aromatic heterocycles. The fourth-order valence-electron chi connectivity index (χ4n) is 2.11. The number of nitrogen functional groups attached to an aromatic ring is 1. The lowest BCUT2D eigenvalue weighted by Crippen LogP contribution is -1.98. The number of thiophene rings is 1. The Morgan fingerprint density at radius 2 is 1.80 bits per heavy atom. The van der Waals surface area contributed by atoms with Gasteiger partial charge in [-0.05, 0) is 23.6 Å². The maximum Gasteiger partial charge on any atom is 0.130 e. The van der Waals surface area contributed by atoms with Crippen molar-refractivity contribution in [2.75, 3.05) is 5.73 Å². The fraction of sp³-hybridized carbons (Fsp3) is 0.0714. The third-order valence-corrected chi connectivity index (χ3v) is 4.57. The molecule has 0 atom stereocenters. The van der Waals surface area contributed by atoms with E-state index in [0.29, 0.717) is 15.9 Å². The van der Waals surface area contributed by atoms with Crippen LogP contribution >= 0.6 is 34.5 Å². The molecule has 20 heavy (non-hydrogen) atoms. The Hall–Kier alpha value is -1.49. The standard InChI is InChI=1S/C14H11Cl2N3S/c1-19-14(17)12(11-8(15)4-2-5-9(11)16)13(18-19)10-6-3-7-20-10/h2-7H,17H2,1H3. The molecule has 2 N–H and O–H groups in total. The van der Waals surface area contributed by atoms with E-state index in [1.54, 1.807) is 35.2 Å². The third kappa shape index (κ3) is 2.10. The van der Waals surface area contributed by atoms with E-state index in [0.717, 1.165) is 21.7 Å². The van der Waals surface area contributed by atoms with Crippen molar-refractivity contribution >= 4 is 40.4 Å². The minimum Gasteiger partial charge on any atom is -0.383 e. The Morgan fingerprint density at radius 1 is 1.10 bits per heavy atom. The van der Waals surface area contributed by atoms with Crippen LogP contribution in [-0.4, -0.2) is 9.78 Å². The van der Waals surface area contributed by atoms with Gasteiger partial charge in [-0.3, -0.25) is 4.68 Å². The van der Waals surface area contributed by atoms with Gasteiger partial charge < -0.3 is 5.73 Å². The van der Waals surface area contributed by atoms with E-state index in [2.05, 4.69) is 5.10 Å². The monoisotopic (exact) mass is 323 g/mol. The van der Waals surface area contributed by atoms with E-state index in [4.69, 9.17) is 28.9 Å². The number of aromatic nitrogens is 2. The summed E-state index contributed by atoms with van der Waals surface area (Å²) in [6.45, 7) is 0. The molecule has 0 aliphatic rings. The van der Waals surface area contributed by atoms with E-state index in [-0.39, 0.29) is 0 Å². The highest BCUT2D eigenvalue weighted by Crippen LogP contribution is 2.43. The molecule has 102 valence electrons. The Balaban J connectivity index is 2.34. The van der Waals surface area contributed by atoms with Crippen LogP contribution in [0.2, 0.25) is 10.0 Å². The number of benzene rings is 1. The van der Waals surface area contributed by atoms with Crippen LogP contribution in [-0.2, 0) is 7.05 Å². The van der Waals surface area contributed by atoms with Crippen LogP contribution in [0.3, 0.4) is 0 Å². The van der Waals surface area contributed by atoms with Gasteiger partial charge in [-0.15, -0.1) is 11.3 Å². The van der Waals surface area contributed by atoms with Gasteiger partial charge in [0.05, 0.1) is 20.5 Å². The summed E-state index contributed by atoms with van der Waals surface area (Å²) in [5, 5.41) is 7.62. The zero-order valence-corrected chi connectivity index (χ0v) is 12.9. The minimum absolute atomic E-state index is 0.545. The van der Waals surface area contributed by atoms with E-state index >= 15 is 0 Å². The maximum absolute atomic E-state index is 6.31. The van der Waals surface area contributed by atoms with Crippen molar-refractivity contribution in [1.29, 1.82) is 0 Å². The van der Waals surface area contributed by atoms with Gasteiger partial charge in [0.25, 0.3) is 0 Å². The molecule has 0 aliphatic heterocycles. The summed E-state index contributed by atoms with van der Waals surface area (Å²) in [5.41, 5.74) is 8.48. The SMILES string of the molecule is Cn1nc(-c2cccs2)c(-c2c(Cl)cccc2Cl)c1N. The second-order valence-corrected chi connectivity index (χ2v) is 6.07. The molecular formula is C14H11Cl2N3S. The molecule has 3 nitrogen and oxygen atoms in total. The summed E-state index contributed by atoms with van der Waals surface area (Å²) >= 11 is 14.2. The number of anilines is 1. The number of hydrogen-bond acceptors (Lipinski definition) is 3. The lowest BCUT2D eigenvalue weighted by atomic mass is 10.0. The molecule has 0 aliphatic carbocycles. The molecule has 0 spiro atoms. The fourth-order valence-corrected chi connectivity index (χ4v) is 3.41. The topological polar surface area (TPSA) is 43.8 Å². The van der Waals surface area contributed by atoms with E-state index < -0.39 is 0 Å². The smallest absolute Gasteiger partial charge is 0.130 e. The average Bonchev–Trinajstić information content (AvgIpc) is 3.01. The van der Waals surface area contributed by atoms with Crippen LogP contribution in [0.5, 0.6) is 0 Å². The second-order valence-electron chi connectivity index (χ2n) is 4.31. The van der Waals surface area contributed by atoms with Crippen LogP contribution in [0.1, 0.15) is 0 Å². The maximum atomic E-state index is 6.31. The Kier molecular flexibility index (Phi) is 3.46. The molecule has 2 heterocycles. The second kappa shape index (κ2) is 5.13. The largest absolute Gasteiger partial charge is 0.383 e. The molecule has 0 radical (unpaired) electrons. The van der Waals surface area contributed by atoms with Gasteiger partial charge in [0, 0.05) is 12.6 Å². The third-order valence-electron chi connectivity index (χ3n) is 3.06. The summed E-state index contributed by atoms with van der Waals surface area (Å²) in [6, 6.07) is 9.38. The normalized spacial score (nSPS) is 10.9. The first-order valence-electron chi connectivity index (χ1n) is 5.90. The van der Waals surface area contributed by atoms with Gasteiger partial charge in [-0.25, -0.2) is 0 Å². The van der Waals surface area contributed by atoms with Crippen molar-refractivity contribution in [1.82, 2.24) is 9.78 Å². The summed E-state index contributed by atoms with van der Waals surface area (Å²) in [6.07, 6.45) is 0. The van der Waals surface area contributed by atoms with Crippen LogP contribution < -0.4 is 5.73 Å². The number of nitrogens with two attached hydrogens (primary N) is 1. The predicted molar refractivity (Wildman–Crippen MR) is 86.4 cm³/mol. The lowest BCUT2D eigenvalue weighted by molar-refractivity contribution is 0.783. The van der Waals surface area contributed by atoms with Crippen LogP contribution in [0.15, 0.2) is 35.7 Å². The van der Waals surface area contributed by atoms with Gasteiger partial charge in [0.15, 0.2) is 0 Å². The highest BCUT2D eigenvalue weighted by Gasteiger charge is 2.22. The molecule has 0 unspecified atom stereocenters. The van der Waals surface area contributed by atoms with E-state index in [9.17, 15) is 0 Å². The van der Waals surface area contributed by atoms with Crippen molar-refractivity contribution < 1.29 is 0 Å². The quantitative estimate of drug-likeness (QED) is 0.742. The van der Waals surface area contributed by atoms with Gasteiger partial charge in [-0.2, -0.15) is 5.10 Å². The average molecular weight is 324 g/mol. The molecule has 1 aromatic carbocycles. The van der Waals surface area contributed by atoms with Gasteiger partial charge in [-0.1, -0.05) is 35.3 Å². The van der Waals surface area contributed by atoms with Crippen molar-refractivity contribution in [3.63, 3.8) is 0 Å². The predicted octanol–water partition coefficient (Wildman–Crippen LogP) is 4.70. The molecular weight excluding hydrogens is 313 g/mol. The van der Waals surface area contributed by atoms with E-state index in [1.165, 1.54) is 0 Å². The number of nitrogens with zero attached hydrogens (tertiary/aromatic N) is 2. The zero-order valence-electron chi connectivity index (χ0n) is 10.6. The Bertz CT molecular complexity index is 743. The Morgan fingerprint density at radius 3 is 2.40 bits per heavy atom. The zero-order chi connectivity index (χ0) is 14.3. The van der Waals surface area contributed by atoms with Crippen LogP contribution in [0, 0.1) is 0 Å². The van der Waals surface area contributed by atoms with Gasteiger partial charge >= 0.3 is 0 Å². The molecule has 3 rings (SSSR count). The van der Waals surface area contributed by atoms with Gasteiger partial charge in [0.2, 0.25) is 0 Å². The number of aryl methyl sites for hydroxylation is 1. The van der Waals surface area contributed by atoms with Crippen molar-refractivity contribution in [3.8, 4) is 21.7 Å². The molecule has 0 saturated carbocycles. The lowest BCUT2D eigenvalue weighted by Gasteiger charge is -2.08. The van der Waals surface area contributed by atoms with Gasteiger partial charge in [0.1, 0.15) is 11.5 Å².